The number of nitrogens with one attached hydrogen (secondary N) is 2. The zero-order valence-electron chi connectivity index (χ0n) is 18.0. The van der Waals surface area contributed by atoms with E-state index in [1.54, 1.807) is 0 Å². The predicted molar refractivity (Wildman–Crippen MR) is 116 cm³/mol. The summed E-state index contributed by atoms with van der Waals surface area (Å²) in [6.07, 6.45) is 3.71. The second-order valence-corrected chi connectivity index (χ2v) is 7.55. The summed E-state index contributed by atoms with van der Waals surface area (Å²) in [6, 6.07) is 10.8. The molecule has 0 radical (unpaired) electrons. The van der Waals surface area contributed by atoms with Gasteiger partial charge in [0.1, 0.15) is 5.76 Å². The van der Waals surface area contributed by atoms with Crippen LogP contribution in [0.1, 0.15) is 56.2 Å². The molecule has 2 aromatic rings. The third-order valence-corrected chi connectivity index (χ3v) is 5.78. The Morgan fingerprint density at radius 1 is 1.07 bits per heavy atom. The van der Waals surface area contributed by atoms with E-state index in [1.165, 1.54) is 5.56 Å². The van der Waals surface area contributed by atoms with E-state index in [4.69, 9.17) is 14.3 Å². The highest BCUT2D eigenvalue weighted by Gasteiger charge is 2.34. The average Bonchev–Trinajstić information content (AvgIpc) is 3.19. The second kappa shape index (κ2) is 10.4. The van der Waals surface area contributed by atoms with Crippen molar-refractivity contribution in [1.82, 2.24) is 15.8 Å². The summed E-state index contributed by atoms with van der Waals surface area (Å²) < 4.78 is 11.1. The Hall–Kier alpha value is -2.34. The van der Waals surface area contributed by atoms with Crippen LogP contribution in [-0.2, 0) is 29.5 Å². The number of ether oxygens (including phenoxy) is 1. The molecule has 0 saturated carbocycles. The van der Waals surface area contributed by atoms with Crippen molar-refractivity contribution in [2.45, 2.75) is 58.4 Å². The minimum absolute atomic E-state index is 0.0655. The van der Waals surface area contributed by atoms with Crippen molar-refractivity contribution in [3.63, 3.8) is 0 Å². The SMILES string of the molecule is CCNC(=NCc1c(CC)noc1CC)NCC1(c2ccccc2)CCOCC1. The van der Waals surface area contributed by atoms with E-state index in [0.29, 0.717) is 6.54 Å². The molecule has 1 aliphatic rings. The van der Waals surface area contributed by atoms with E-state index in [9.17, 15) is 0 Å². The van der Waals surface area contributed by atoms with Gasteiger partial charge in [-0.15, -0.1) is 0 Å². The van der Waals surface area contributed by atoms with Crippen molar-refractivity contribution in [3.05, 3.63) is 52.9 Å². The first-order valence-electron chi connectivity index (χ1n) is 10.8. The number of hydrogen-bond donors (Lipinski definition) is 2. The number of rotatable bonds is 8. The number of benzene rings is 1. The largest absolute Gasteiger partial charge is 0.381 e. The minimum Gasteiger partial charge on any atom is -0.381 e. The summed E-state index contributed by atoms with van der Waals surface area (Å²) in [4.78, 5) is 4.85. The van der Waals surface area contributed by atoms with Crippen LogP contribution in [-0.4, -0.2) is 37.4 Å². The topological polar surface area (TPSA) is 71.7 Å². The Morgan fingerprint density at radius 3 is 2.48 bits per heavy atom. The van der Waals surface area contributed by atoms with Crippen LogP contribution in [0.5, 0.6) is 0 Å². The lowest BCUT2D eigenvalue weighted by molar-refractivity contribution is 0.0514. The molecular formula is C23H34N4O2. The molecule has 1 saturated heterocycles. The maximum atomic E-state index is 5.66. The summed E-state index contributed by atoms with van der Waals surface area (Å²) in [6.45, 7) is 10.1. The van der Waals surface area contributed by atoms with Gasteiger partial charge in [0.2, 0.25) is 0 Å². The standard InChI is InChI=1S/C23H34N4O2/c1-4-20-19(21(5-2)29-27-20)16-25-22(24-6-3)26-17-23(12-14-28-15-13-23)18-10-8-7-9-11-18/h7-11H,4-6,12-17H2,1-3H3,(H2,24,25,26). The van der Waals surface area contributed by atoms with Crippen LogP contribution in [0.25, 0.3) is 0 Å². The van der Waals surface area contributed by atoms with Crippen molar-refractivity contribution < 1.29 is 9.26 Å². The Labute approximate surface area is 174 Å². The molecule has 1 aromatic heterocycles. The maximum absolute atomic E-state index is 5.66. The van der Waals surface area contributed by atoms with E-state index in [1.807, 2.05) is 0 Å². The Kier molecular flexibility index (Phi) is 7.69. The van der Waals surface area contributed by atoms with Crippen LogP contribution in [0.2, 0.25) is 0 Å². The smallest absolute Gasteiger partial charge is 0.191 e. The van der Waals surface area contributed by atoms with Crippen molar-refractivity contribution >= 4 is 5.96 Å². The summed E-state index contributed by atoms with van der Waals surface area (Å²) in [5.41, 5.74) is 3.56. The van der Waals surface area contributed by atoms with E-state index in [2.05, 4.69) is 66.9 Å². The summed E-state index contributed by atoms with van der Waals surface area (Å²) in [5, 5.41) is 11.2. The molecule has 1 fully saturated rings. The summed E-state index contributed by atoms with van der Waals surface area (Å²) in [5.74, 6) is 1.77. The van der Waals surface area contributed by atoms with E-state index in [0.717, 1.165) is 75.0 Å². The number of guanidine groups is 1. The van der Waals surface area contributed by atoms with Gasteiger partial charge in [-0.25, -0.2) is 4.99 Å². The summed E-state index contributed by atoms with van der Waals surface area (Å²) >= 11 is 0. The van der Waals surface area contributed by atoms with Crippen LogP contribution in [0.4, 0.5) is 0 Å². The normalized spacial score (nSPS) is 16.6. The van der Waals surface area contributed by atoms with Gasteiger partial charge in [-0.1, -0.05) is 49.3 Å². The molecule has 6 nitrogen and oxygen atoms in total. The van der Waals surface area contributed by atoms with Crippen LogP contribution in [0.15, 0.2) is 39.8 Å². The third-order valence-electron chi connectivity index (χ3n) is 5.78. The number of aryl methyl sites for hydroxylation is 2. The number of aliphatic imine (C=N–C) groups is 1. The maximum Gasteiger partial charge on any atom is 0.191 e. The fourth-order valence-corrected chi connectivity index (χ4v) is 3.99. The molecule has 0 spiro atoms. The van der Waals surface area contributed by atoms with Gasteiger partial charge in [-0.2, -0.15) is 0 Å². The molecule has 158 valence electrons. The highest BCUT2D eigenvalue weighted by Crippen LogP contribution is 2.34. The van der Waals surface area contributed by atoms with Gasteiger partial charge in [0.05, 0.1) is 12.2 Å². The van der Waals surface area contributed by atoms with Crippen molar-refractivity contribution in [1.29, 1.82) is 0 Å². The van der Waals surface area contributed by atoms with Crippen LogP contribution in [0, 0.1) is 0 Å². The first-order valence-corrected chi connectivity index (χ1v) is 10.8. The fraction of sp³-hybridized carbons (Fsp3) is 0.565. The molecule has 29 heavy (non-hydrogen) atoms. The monoisotopic (exact) mass is 398 g/mol. The molecule has 2 heterocycles. The summed E-state index contributed by atoms with van der Waals surface area (Å²) in [7, 11) is 0. The number of aromatic nitrogens is 1. The van der Waals surface area contributed by atoms with E-state index in [-0.39, 0.29) is 5.41 Å². The first kappa shape index (κ1) is 21.4. The van der Waals surface area contributed by atoms with Gasteiger partial charge in [-0.3, -0.25) is 0 Å². The Morgan fingerprint density at radius 2 is 1.83 bits per heavy atom. The molecule has 6 heteroatoms. The molecule has 0 unspecified atom stereocenters. The average molecular weight is 399 g/mol. The molecule has 1 aromatic carbocycles. The van der Waals surface area contributed by atoms with Gasteiger partial charge in [0.15, 0.2) is 5.96 Å². The predicted octanol–water partition coefficient (Wildman–Crippen LogP) is 3.60. The molecule has 0 bridgehead atoms. The Balaban J connectivity index is 1.75. The zero-order chi connectivity index (χ0) is 20.5. The van der Waals surface area contributed by atoms with Gasteiger partial charge in [0.25, 0.3) is 0 Å². The van der Waals surface area contributed by atoms with Gasteiger partial charge >= 0.3 is 0 Å². The minimum atomic E-state index is 0.0655. The highest BCUT2D eigenvalue weighted by molar-refractivity contribution is 5.79. The quantitative estimate of drug-likeness (QED) is 0.525. The molecule has 0 atom stereocenters. The zero-order valence-corrected chi connectivity index (χ0v) is 18.0. The van der Waals surface area contributed by atoms with Gasteiger partial charge in [0, 0.05) is 43.7 Å². The molecule has 2 N–H and O–H groups in total. The molecule has 3 rings (SSSR count). The van der Waals surface area contributed by atoms with Crippen LogP contribution >= 0.6 is 0 Å². The van der Waals surface area contributed by atoms with Crippen molar-refractivity contribution in [2.75, 3.05) is 26.3 Å². The molecule has 0 aliphatic carbocycles. The van der Waals surface area contributed by atoms with Crippen molar-refractivity contribution in [3.8, 4) is 0 Å². The Bertz CT molecular complexity index is 758. The van der Waals surface area contributed by atoms with Crippen molar-refractivity contribution in [2.24, 2.45) is 4.99 Å². The number of hydrogen-bond acceptors (Lipinski definition) is 4. The second-order valence-electron chi connectivity index (χ2n) is 7.55. The van der Waals surface area contributed by atoms with Gasteiger partial charge < -0.3 is 19.9 Å². The lowest BCUT2D eigenvalue weighted by Crippen LogP contribution is -2.48. The van der Waals surface area contributed by atoms with E-state index >= 15 is 0 Å². The lowest BCUT2D eigenvalue weighted by atomic mass is 9.74. The van der Waals surface area contributed by atoms with Crippen LogP contribution < -0.4 is 10.6 Å². The molecule has 1 aliphatic heterocycles. The van der Waals surface area contributed by atoms with Crippen LogP contribution in [0.3, 0.4) is 0 Å². The third kappa shape index (κ3) is 5.18. The first-order chi connectivity index (χ1) is 14.2. The molecular weight excluding hydrogens is 364 g/mol. The van der Waals surface area contributed by atoms with Gasteiger partial charge in [-0.05, 0) is 31.7 Å². The van der Waals surface area contributed by atoms with E-state index < -0.39 is 0 Å². The molecule has 0 amide bonds. The number of nitrogens with zero attached hydrogens (tertiary/aromatic N) is 2. The fourth-order valence-electron chi connectivity index (χ4n) is 3.99. The lowest BCUT2D eigenvalue weighted by Gasteiger charge is -2.38. The highest BCUT2D eigenvalue weighted by atomic mass is 16.5.